The smallest absolute Gasteiger partial charge is 0.254 e. The van der Waals surface area contributed by atoms with Crippen LogP contribution in [-0.4, -0.2) is 29.9 Å². The lowest BCUT2D eigenvalue weighted by molar-refractivity contribution is 0.0651. The van der Waals surface area contributed by atoms with Gasteiger partial charge in [0.2, 0.25) is 0 Å². The highest BCUT2D eigenvalue weighted by molar-refractivity contribution is 9.10. The van der Waals surface area contributed by atoms with Crippen LogP contribution in [0.15, 0.2) is 22.7 Å². The maximum absolute atomic E-state index is 12.9. The summed E-state index contributed by atoms with van der Waals surface area (Å²) >= 11 is 3.50. The van der Waals surface area contributed by atoms with E-state index in [4.69, 9.17) is 5.73 Å². The Morgan fingerprint density at radius 3 is 2.85 bits per heavy atom. The van der Waals surface area contributed by atoms with Crippen LogP contribution in [0.2, 0.25) is 0 Å². The Morgan fingerprint density at radius 2 is 2.20 bits per heavy atom. The first kappa shape index (κ1) is 15.5. The van der Waals surface area contributed by atoms with Gasteiger partial charge in [-0.25, -0.2) is 0 Å². The van der Waals surface area contributed by atoms with Crippen LogP contribution in [0.3, 0.4) is 0 Å². The highest BCUT2D eigenvalue weighted by atomic mass is 79.9. The average molecular weight is 339 g/mol. The predicted molar refractivity (Wildman–Crippen MR) is 85.8 cm³/mol. The molecule has 1 aromatic rings. The summed E-state index contributed by atoms with van der Waals surface area (Å²) in [5, 5.41) is 0. The van der Waals surface area contributed by atoms with Crippen LogP contribution in [0, 0.1) is 12.8 Å². The minimum Gasteiger partial charge on any atom is -0.336 e. The molecule has 20 heavy (non-hydrogen) atoms. The van der Waals surface area contributed by atoms with Gasteiger partial charge in [0, 0.05) is 22.6 Å². The fourth-order valence-electron chi connectivity index (χ4n) is 3.23. The molecule has 1 saturated carbocycles. The molecule has 0 bridgehead atoms. The van der Waals surface area contributed by atoms with Crippen molar-refractivity contribution in [2.45, 2.75) is 39.2 Å². The zero-order valence-electron chi connectivity index (χ0n) is 12.2. The van der Waals surface area contributed by atoms with E-state index in [1.165, 1.54) is 6.42 Å². The molecule has 1 aliphatic rings. The minimum atomic E-state index is 0.136. The van der Waals surface area contributed by atoms with Crippen LogP contribution in [-0.2, 0) is 0 Å². The average Bonchev–Trinajstić information content (AvgIpc) is 2.91. The molecule has 2 N–H and O–H groups in total. The molecule has 0 spiro atoms. The van der Waals surface area contributed by atoms with Gasteiger partial charge in [-0.15, -0.1) is 0 Å². The molecule has 0 heterocycles. The summed E-state index contributed by atoms with van der Waals surface area (Å²) < 4.78 is 0.987. The number of carbonyl (C=O) groups excluding carboxylic acids is 1. The molecule has 4 heteroatoms. The maximum Gasteiger partial charge on any atom is 0.254 e. The Bertz CT molecular complexity index is 489. The Kier molecular flexibility index (Phi) is 5.22. The summed E-state index contributed by atoms with van der Waals surface area (Å²) in [4.78, 5) is 14.9. The molecule has 0 saturated heterocycles. The van der Waals surface area contributed by atoms with Crippen molar-refractivity contribution in [1.82, 2.24) is 4.90 Å². The number of halogens is 1. The number of rotatable bonds is 4. The fraction of sp³-hybridized carbons (Fsp3) is 0.562. The monoisotopic (exact) mass is 338 g/mol. The van der Waals surface area contributed by atoms with Gasteiger partial charge in [0.15, 0.2) is 0 Å². The van der Waals surface area contributed by atoms with Crippen LogP contribution in [0.5, 0.6) is 0 Å². The molecular formula is C16H23BrN2O. The standard InChI is InChI=1S/C16H23BrN2O/c1-3-19(15-9-4-6-12(15)10-18)16(20)13-7-5-8-14(17)11(13)2/h5,7-8,12,15H,3-4,6,9-10,18H2,1-2H3. The zero-order valence-corrected chi connectivity index (χ0v) is 13.8. The summed E-state index contributed by atoms with van der Waals surface area (Å²) in [6.07, 6.45) is 3.39. The Balaban J connectivity index is 2.27. The third-order valence-electron chi connectivity index (χ3n) is 4.42. The highest BCUT2D eigenvalue weighted by Crippen LogP contribution is 2.31. The van der Waals surface area contributed by atoms with Crippen molar-refractivity contribution in [3.8, 4) is 0 Å². The quantitative estimate of drug-likeness (QED) is 0.914. The summed E-state index contributed by atoms with van der Waals surface area (Å²) in [7, 11) is 0. The van der Waals surface area contributed by atoms with Crippen molar-refractivity contribution in [3.63, 3.8) is 0 Å². The van der Waals surface area contributed by atoms with Crippen LogP contribution in [0.25, 0.3) is 0 Å². The fourth-order valence-corrected chi connectivity index (χ4v) is 3.59. The molecule has 2 atom stereocenters. The van der Waals surface area contributed by atoms with Gasteiger partial charge in [-0.3, -0.25) is 4.79 Å². The maximum atomic E-state index is 12.9. The van der Waals surface area contributed by atoms with Crippen molar-refractivity contribution in [1.29, 1.82) is 0 Å². The van der Waals surface area contributed by atoms with Gasteiger partial charge < -0.3 is 10.6 Å². The number of hydrogen-bond donors (Lipinski definition) is 1. The van der Waals surface area contributed by atoms with Gasteiger partial charge in [0.1, 0.15) is 0 Å². The van der Waals surface area contributed by atoms with Gasteiger partial charge in [0.05, 0.1) is 0 Å². The van der Waals surface area contributed by atoms with Crippen LogP contribution < -0.4 is 5.73 Å². The van der Waals surface area contributed by atoms with E-state index in [0.717, 1.165) is 35.0 Å². The second kappa shape index (κ2) is 6.72. The van der Waals surface area contributed by atoms with Gasteiger partial charge in [-0.2, -0.15) is 0 Å². The Hall–Kier alpha value is -0.870. The largest absolute Gasteiger partial charge is 0.336 e. The lowest BCUT2D eigenvalue weighted by atomic mass is 10.00. The lowest BCUT2D eigenvalue weighted by Crippen LogP contribution is -2.44. The van der Waals surface area contributed by atoms with Crippen molar-refractivity contribution in [3.05, 3.63) is 33.8 Å². The van der Waals surface area contributed by atoms with Crippen LogP contribution >= 0.6 is 15.9 Å². The SMILES string of the molecule is CCN(C(=O)c1cccc(Br)c1C)C1CCCC1CN. The van der Waals surface area contributed by atoms with Crippen molar-refractivity contribution in [2.75, 3.05) is 13.1 Å². The summed E-state index contributed by atoms with van der Waals surface area (Å²) in [5.41, 5.74) is 7.67. The number of carbonyl (C=O) groups is 1. The molecule has 0 radical (unpaired) electrons. The van der Waals surface area contributed by atoms with E-state index in [1.807, 2.05) is 30.0 Å². The van der Waals surface area contributed by atoms with Gasteiger partial charge >= 0.3 is 0 Å². The van der Waals surface area contributed by atoms with Crippen molar-refractivity contribution in [2.24, 2.45) is 11.7 Å². The third-order valence-corrected chi connectivity index (χ3v) is 5.28. The van der Waals surface area contributed by atoms with E-state index in [0.29, 0.717) is 18.5 Å². The zero-order chi connectivity index (χ0) is 14.7. The molecule has 3 nitrogen and oxygen atoms in total. The first-order valence-corrected chi connectivity index (χ1v) is 8.15. The van der Waals surface area contributed by atoms with Crippen molar-refractivity contribution >= 4 is 21.8 Å². The number of hydrogen-bond acceptors (Lipinski definition) is 2. The number of benzene rings is 1. The highest BCUT2D eigenvalue weighted by Gasteiger charge is 2.33. The second-order valence-electron chi connectivity index (χ2n) is 5.50. The molecule has 0 aliphatic heterocycles. The number of nitrogens with two attached hydrogens (primary N) is 1. The number of amides is 1. The van der Waals surface area contributed by atoms with E-state index in [9.17, 15) is 4.79 Å². The first-order valence-electron chi connectivity index (χ1n) is 7.36. The van der Waals surface area contributed by atoms with E-state index < -0.39 is 0 Å². The van der Waals surface area contributed by atoms with Crippen LogP contribution in [0.1, 0.15) is 42.1 Å². The summed E-state index contributed by atoms with van der Waals surface area (Å²) in [5.74, 6) is 0.586. The molecule has 2 rings (SSSR count). The second-order valence-corrected chi connectivity index (χ2v) is 6.35. The van der Waals surface area contributed by atoms with Gasteiger partial charge in [-0.05, 0) is 56.8 Å². The molecule has 2 unspecified atom stereocenters. The predicted octanol–water partition coefficient (Wildman–Crippen LogP) is 3.35. The van der Waals surface area contributed by atoms with Gasteiger partial charge in [-0.1, -0.05) is 28.4 Å². The molecular weight excluding hydrogens is 316 g/mol. The topological polar surface area (TPSA) is 46.3 Å². The Labute approximate surface area is 129 Å². The van der Waals surface area contributed by atoms with Gasteiger partial charge in [0.25, 0.3) is 5.91 Å². The molecule has 1 amide bonds. The van der Waals surface area contributed by atoms with E-state index in [-0.39, 0.29) is 5.91 Å². The summed E-state index contributed by atoms with van der Waals surface area (Å²) in [6, 6.07) is 6.11. The number of nitrogens with zero attached hydrogens (tertiary/aromatic N) is 1. The van der Waals surface area contributed by atoms with E-state index in [2.05, 4.69) is 22.9 Å². The van der Waals surface area contributed by atoms with Crippen LogP contribution in [0.4, 0.5) is 0 Å². The Morgan fingerprint density at radius 1 is 1.45 bits per heavy atom. The molecule has 110 valence electrons. The van der Waals surface area contributed by atoms with Crippen molar-refractivity contribution < 1.29 is 4.79 Å². The van der Waals surface area contributed by atoms with E-state index >= 15 is 0 Å². The first-order chi connectivity index (χ1) is 9.60. The molecule has 1 fully saturated rings. The molecule has 1 aliphatic carbocycles. The minimum absolute atomic E-state index is 0.136. The van der Waals surface area contributed by atoms with E-state index in [1.54, 1.807) is 0 Å². The third kappa shape index (κ3) is 2.91. The molecule has 0 aromatic heterocycles. The normalized spacial score (nSPS) is 22.0. The summed E-state index contributed by atoms with van der Waals surface area (Å²) in [6.45, 7) is 5.45. The molecule has 1 aromatic carbocycles. The lowest BCUT2D eigenvalue weighted by Gasteiger charge is -2.32.